The van der Waals surface area contributed by atoms with E-state index in [1.807, 2.05) is 0 Å². The topological polar surface area (TPSA) is 115 Å². The second kappa shape index (κ2) is 18.0. The van der Waals surface area contributed by atoms with Gasteiger partial charge in [-0.05, 0) is 106 Å². The molecule has 0 fully saturated rings. The summed E-state index contributed by atoms with van der Waals surface area (Å²) < 4.78 is 0. The van der Waals surface area contributed by atoms with Crippen LogP contribution in [0.1, 0.15) is 22.8 Å². The van der Waals surface area contributed by atoms with E-state index in [0.717, 1.165) is 188 Å². The fourth-order valence-electron chi connectivity index (χ4n) is 13.5. The first-order valence-electron chi connectivity index (χ1n) is 28.5. The van der Waals surface area contributed by atoms with Crippen molar-refractivity contribution in [1.29, 1.82) is 0 Å². The maximum absolute atomic E-state index is 5.94. The van der Waals surface area contributed by atoms with Crippen LogP contribution in [0, 0.1) is 0 Å². The second-order valence-corrected chi connectivity index (χ2v) is 21.9. The highest BCUT2D eigenvalue weighted by Gasteiger charge is 2.27. The van der Waals surface area contributed by atoms with Crippen LogP contribution in [0.2, 0.25) is 0 Å². The lowest BCUT2D eigenvalue weighted by Gasteiger charge is -2.07. The van der Waals surface area contributed by atoms with Gasteiger partial charge in [0.15, 0.2) is 0 Å². The van der Waals surface area contributed by atoms with Crippen molar-refractivity contribution in [1.82, 2.24) is 39.9 Å². The van der Waals surface area contributed by atoms with Gasteiger partial charge < -0.3 is 19.9 Å². The molecule has 10 heterocycles. The van der Waals surface area contributed by atoms with Gasteiger partial charge in [-0.3, -0.25) is 0 Å². The van der Waals surface area contributed by atoms with E-state index in [2.05, 4.69) is 275 Å². The molecule has 390 valence electrons. The van der Waals surface area contributed by atoms with Gasteiger partial charge in [0, 0.05) is 98.8 Å². The third-order valence-corrected chi connectivity index (χ3v) is 17.2. The molecule has 8 aromatic heterocycles. The highest BCUT2D eigenvalue weighted by molar-refractivity contribution is 6.39. The molecule has 0 saturated carbocycles. The molecule has 84 heavy (non-hydrogen) atoms. The standard InChI is InChI=1S/C76H46N8/c1-7-19-43(20-8-1)65-53-31-35-57(77-53)67(45-23-11-3-12-24-45)61-39-49-51-41-63-69(47-27-15-5-16-28-47)59-37-33-55(79-59)66(44-21-9-2-10-22-44)56-34-38-60(80-56)70(48-29-17-6-18-30-48)64-42-52-50-40-62(68(46-25-13-4-14-26-46)58-36-32-54(65)78-58)82-74(50)71(73(49)81-61)72(75(51)83-63)76(52)84-64/h1-42,77,80,82-83H. The highest BCUT2D eigenvalue weighted by Crippen LogP contribution is 2.49. The molecule has 16 aromatic rings. The molecule has 0 amide bonds. The van der Waals surface area contributed by atoms with Gasteiger partial charge in [-0.1, -0.05) is 182 Å². The van der Waals surface area contributed by atoms with E-state index in [1.54, 1.807) is 0 Å². The van der Waals surface area contributed by atoms with Crippen LogP contribution in [0.4, 0.5) is 0 Å². The number of rotatable bonds is 6. The largest absolute Gasteiger partial charge is 0.354 e. The van der Waals surface area contributed by atoms with Crippen molar-refractivity contribution in [3.8, 4) is 66.8 Å². The molecule has 0 saturated heterocycles. The van der Waals surface area contributed by atoms with Crippen molar-refractivity contribution in [3.05, 3.63) is 253 Å². The van der Waals surface area contributed by atoms with E-state index >= 15 is 0 Å². The Hall–Kier alpha value is -11.5. The zero-order valence-electron chi connectivity index (χ0n) is 45.0. The molecule has 8 aromatic carbocycles. The molecule has 2 aliphatic rings. The molecule has 8 nitrogen and oxygen atoms in total. The van der Waals surface area contributed by atoms with Crippen LogP contribution in [-0.2, 0) is 0 Å². The summed E-state index contributed by atoms with van der Waals surface area (Å²) in [6.07, 6.45) is 8.67. The Morgan fingerprint density at radius 2 is 0.500 bits per heavy atom. The number of benzene rings is 8. The number of hydrogen-bond acceptors (Lipinski definition) is 4. The quantitative estimate of drug-likeness (QED) is 0.133. The van der Waals surface area contributed by atoms with Gasteiger partial charge in [0.2, 0.25) is 0 Å². The molecule has 0 unspecified atom stereocenters. The van der Waals surface area contributed by atoms with Crippen LogP contribution in [0.15, 0.2) is 231 Å². The van der Waals surface area contributed by atoms with E-state index in [4.69, 9.17) is 19.9 Å². The predicted molar refractivity (Wildman–Crippen MR) is 349 cm³/mol. The average Bonchev–Trinajstić information content (AvgIpc) is 1.64. The summed E-state index contributed by atoms with van der Waals surface area (Å²) in [6.45, 7) is 0. The number of aromatic nitrogens is 8. The minimum absolute atomic E-state index is 0.846. The molecule has 0 aliphatic carbocycles. The van der Waals surface area contributed by atoms with Gasteiger partial charge in [0.25, 0.3) is 0 Å². The lowest BCUT2D eigenvalue weighted by Crippen LogP contribution is -1.88. The van der Waals surface area contributed by atoms with Crippen molar-refractivity contribution in [2.75, 3.05) is 0 Å². The van der Waals surface area contributed by atoms with Gasteiger partial charge in [-0.25, -0.2) is 19.9 Å². The van der Waals surface area contributed by atoms with Crippen molar-refractivity contribution in [2.45, 2.75) is 0 Å². The lowest BCUT2D eigenvalue weighted by atomic mass is 9.97. The van der Waals surface area contributed by atoms with Gasteiger partial charge in [0.1, 0.15) is 0 Å². The Morgan fingerprint density at radius 1 is 0.226 bits per heavy atom. The summed E-state index contributed by atoms with van der Waals surface area (Å²) in [5, 5.41) is 6.06. The molecule has 0 spiro atoms. The van der Waals surface area contributed by atoms with Gasteiger partial charge in [0.05, 0.1) is 55.9 Å². The SMILES string of the molecule is C1=Cc2nc1c(-c1ccccc1)c1ccc([nH]1)c(-c1ccccc1)c1cc3c4cc5[nH]c4c4c6nc(cc6c6cc([nH]c6c4c3n1)c2-c1ccccc1)c(-c1ccccc1)c1ccc([nH]1)c(-c1ccccc1)c1nc(c5-c2ccccc2)C=C1. The van der Waals surface area contributed by atoms with Crippen LogP contribution < -0.4 is 0 Å². The minimum atomic E-state index is 0.846. The second-order valence-electron chi connectivity index (χ2n) is 21.9. The highest BCUT2D eigenvalue weighted by atomic mass is 14.8. The number of aromatic amines is 4. The Labute approximate surface area is 480 Å². The van der Waals surface area contributed by atoms with Crippen LogP contribution in [-0.4, -0.2) is 39.9 Å². The molecule has 8 heteroatoms. The zero-order valence-corrected chi connectivity index (χ0v) is 45.0. The summed E-state index contributed by atoms with van der Waals surface area (Å²) in [4.78, 5) is 39.4. The van der Waals surface area contributed by atoms with Gasteiger partial charge in [-0.15, -0.1) is 0 Å². The Balaban J connectivity index is 1.12. The third-order valence-electron chi connectivity index (χ3n) is 17.2. The first kappa shape index (κ1) is 46.3. The molecule has 16 bridgehead atoms. The number of H-pyrrole nitrogens is 4. The first-order chi connectivity index (χ1) is 41.6. The predicted octanol–water partition coefficient (Wildman–Crippen LogP) is 19.6. The van der Waals surface area contributed by atoms with Gasteiger partial charge in [-0.2, -0.15) is 0 Å². The number of fused-ring (bicyclic) bond motifs is 14. The van der Waals surface area contributed by atoms with Crippen molar-refractivity contribution < 1.29 is 0 Å². The first-order valence-corrected chi connectivity index (χ1v) is 28.5. The average molecular weight is 1070 g/mol. The molecule has 0 radical (unpaired) electrons. The van der Waals surface area contributed by atoms with Crippen LogP contribution in [0.25, 0.3) is 190 Å². The van der Waals surface area contributed by atoms with Gasteiger partial charge >= 0.3 is 0 Å². The van der Waals surface area contributed by atoms with E-state index < -0.39 is 0 Å². The van der Waals surface area contributed by atoms with Crippen LogP contribution in [0.3, 0.4) is 0 Å². The van der Waals surface area contributed by atoms with Crippen molar-refractivity contribution >= 4 is 123 Å². The summed E-state index contributed by atoms with van der Waals surface area (Å²) in [5.74, 6) is 0. The van der Waals surface area contributed by atoms with Crippen molar-refractivity contribution in [3.63, 3.8) is 0 Å². The molecule has 2 aliphatic heterocycles. The minimum Gasteiger partial charge on any atom is -0.354 e. The van der Waals surface area contributed by atoms with Crippen LogP contribution in [0.5, 0.6) is 0 Å². The Bertz CT molecular complexity index is 5270. The van der Waals surface area contributed by atoms with E-state index in [1.165, 1.54) is 0 Å². The summed E-state index contributed by atoms with van der Waals surface area (Å²) >= 11 is 0. The maximum atomic E-state index is 5.94. The fourth-order valence-corrected chi connectivity index (χ4v) is 13.5. The van der Waals surface area contributed by atoms with E-state index in [0.29, 0.717) is 0 Å². The van der Waals surface area contributed by atoms with E-state index in [-0.39, 0.29) is 0 Å². The summed E-state index contributed by atoms with van der Waals surface area (Å²) in [5.41, 5.74) is 26.7. The number of nitrogens with zero attached hydrogens (tertiary/aromatic N) is 4. The summed E-state index contributed by atoms with van der Waals surface area (Å²) in [7, 11) is 0. The molecule has 4 N–H and O–H groups in total. The van der Waals surface area contributed by atoms with E-state index in [9.17, 15) is 0 Å². The Morgan fingerprint density at radius 3 is 0.810 bits per heavy atom. The lowest BCUT2D eigenvalue weighted by molar-refractivity contribution is 1.32. The monoisotopic (exact) mass is 1070 g/mol. The Kier molecular flexibility index (Phi) is 9.93. The number of hydrogen-bond donors (Lipinski definition) is 4. The molecular weight excluding hydrogens is 1020 g/mol. The van der Waals surface area contributed by atoms with Crippen LogP contribution >= 0.6 is 0 Å². The van der Waals surface area contributed by atoms with Crippen molar-refractivity contribution in [2.24, 2.45) is 0 Å². The maximum Gasteiger partial charge on any atom is 0.0818 e. The number of nitrogens with one attached hydrogen (secondary N) is 4. The zero-order chi connectivity index (χ0) is 55.0. The molecule has 0 atom stereocenters. The third kappa shape index (κ3) is 7.01. The fraction of sp³-hybridized carbons (Fsp3) is 0. The molecular formula is C76H46N8. The smallest absolute Gasteiger partial charge is 0.0818 e. The normalized spacial score (nSPS) is 12.4. The molecule has 18 rings (SSSR count). The summed E-state index contributed by atoms with van der Waals surface area (Å²) in [6, 6.07) is 81.8.